The number of hydrogen-bond donors (Lipinski definition) is 2. The molecule has 190 valence electrons. The van der Waals surface area contributed by atoms with E-state index in [2.05, 4.69) is 11.9 Å². The standard InChI is InChI=1S/C28H37NO6/c1-2-3-4-5-6-7-8-9-10-11-19-34-26-17-15-23(29-25(26)16-18-27(30)31)21-35-24-14-12-13-22(20-24)28(32)33/h12-18,20H,2-11,19,21H2,1H3,(H,30,31)(H,32,33)/b18-16+. The van der Waals surface area contributed by atoms with Gasteiger partial charge in [-0.25, -0.2) is 14.6 Å². The van der Waals surface area contributed by atoms with Crippen LogP contribution in [-0.2, 0) is 11.4 Å². The van der Waals surface area contributed by atoms with Crippen LogP contribution in [0.3, 0.4) is 0 Å². The number of pyridine rings is 1. The number of benzene rings is 1. The maximum atomic E-state index is 11.1. The third-order valence-electron chi connectivity index (χ3n) is 5.55. The normalized spacial score (nSPS) is 11.0. The number of carboxylic acids is 2. The lowest BCUT2D eigenvalue weighted by molar-refractivity contribution is -0.131. The second kappa shape index (κ2) is 16.3. The first-order valence-electron chi connectivity index (χ1n) is 12.5. The summed E-state index contributed by atoms with van der Waals surface area (Å²) in [6.07, 6.45) is 14.8. The molecule has 1 aromatic carbocycles. The number of unbranched alkanes of at least 4 members (excludes halogenated alkanes) is 9. The highest BCUT2D eigenvalue weighted by molar-refractivity contribution is 5.88. The first-order chi connectivity index (χ1) is 17.0. The molecule has 0 unspecified atom stereocenters. The van der Waals surface area contributed by atoms with Crippen molar-refractivity contribution in [3.05, 3.63) is 59.4 Å². The summed E-state index contributed by atoms with van der Waals surface area (Å²) in [4.78, 5) is 26.6. The van der Waals surface area contributed by atoms with Gasteiger partial charge in [0, 0.05) is 6.08 Å². The molecule has 0 aliphatic rings. The molecule has 0 amide bonds. The number of carbonyl (C=O) groups is 2. The van der Waals surface area contributed by atoms with Gasteiger partial charge < -0.3 is 19.7 Å². The Morgan fingerprint density at radius 1 is 0.886 bits per heavy atom. The van der Waals surface area contributed by atoms with Crippen molar-refractivity contribution in [3.63, 3.8) is 0 Å². The number of hydrogen-bond acceptors (Lipinski definition) is 5. The molecule has 2 N–H and O–H groups in total. The highest BCUT2D eigenvalue weighted by atomic mass is 16.5. The SMILES string of the molecule is CCCCCCCCCCCCOc1ccc(COc2cccc(C(=O)O)c2)nc1/C=C/C(=O)O. The van der Waals surface area contributed by atoms with Crippen LogP contribution in [0.2, 0.25) is 0 Å². The minimum atomic E-state index is -1.07. The van der Waals surface area contributed by atoms with Gasteiger partial charge in [0.25, 0.3) is 0 Å². The van der Waals surface area contributed by atoms with Crippen molar-refractivity contribution in [1.82, 2.24) is 4.98 Å². The molecule has 2 rings (SSSR count). The quantitative estimate of drug-likeness (QED) is 0.178. The van der Waals surface area contributed by atoms with Crippen LogP contribution in [0.15, 0.2) is 42.5 Å². The fourth-order valence-electron chi connectivity index (χ4n) is 3.62. The Labute approximate surface area is 207 Å². The Kier molecular flexibility index (Phi) is 13.0. The summed E-state index contributed by atoms with van der Waals surface area (Å²) in [5.41, 5.74) is 1.12. The number of rotatable bonds is 18. The summed E-state index contributed by atoms with van der Waals surface area (Å²) in [5.74, 6) is -1.16. The zero-order chi connectivity index (χ0) is 25.3. The highest BCUT2D eigenvalue weighted by Crippen LogP contribution is 2.21. The summed E-state index contributed by atoms with van der Waals surface area (Å²) in [6.45, 7) is 2.89. The van der Waals surface area contributed by atoms with E-state index in [0.29, 0.717) is 29.5 Å². The summed E-state index contributed by atoms with van der Waals surface area (Å²) in [5, 5.41) is 18.1. The Bertz CT molecular complexity index is 956. The number of aliphatic carboxylic acids is 1. The molecule has 1 heterocycles. The molecular formula is C28H37NO6. The van der Waals surface area contributed by atoms with Crippen LogP contribution in [0, 0.1) is 0 Å². The maximum absolute atomic E-state index is 11.1. The lowest BCUT2D eigenvalue weighted by Crippen LogP contribution is -2.04. The minimum Gasteiger partial charge on any atom is -0.491 e. The van der Waals surface area contributed by atoms with Crippen molar-refractivity contribution in [2.24, 2.45) is 0 Å². The van der Waals surface area contributed by atoms with E-state index >= 15 is 0 Å². The van der Waals surface area contributed by atoms with Crippen molar-refractivity contribution in [1.29, 1.82) is 0 Å². The molecular weight excluding hydrogens is 446 g/mol. The highest BCUT2D eigenvalue weighted by Gasteiger charge is 2.08. The van der Waals surface area contributed by atoms with Crippen LogP contribution < -0.4 is 9.47 Å². The van der Waals surface area contributed by atoms with Crippen molar-refractivity contribution < 1.29 is 29.3 Å². The molecule has 0 saturated carbocycles. The van der Waals surface area contributed by atoms with Gasteiger partial charge in [-0.3, -0.25) is 0 Å². The van der Waals surface area contributed by atoms with Crippen molar-refractivity contribution >= 4 is 18.0 Å². The Hall–Kier alpha value is -3.35. The monoisotopic (exact) mass is 483 g/mol. The zero-order valence-corrected chi connectivity index (χ0v) is 20.6. The predicted molar refractivity (Wildman–Crippen MR) is 136 cm³/mol. The fourth-order valence-corrected chi connectivity index (χ4v) is 3.62. The smallest absolute Gasteiger partial charge is 0.335 e. The fraction of sp³-hybridized carbons (Fsp3) is 0.464. The van der Waals surface area contributed by atoms with E-state index in [1.165, 1.54) is 69.6 Å². The van der Waals surface area contributed by atoms with Gasteiger partial charge in [0.15, 0.2) is 0 Å². The summed E-state index contributed by atoms with van der Waals surface area (Å²) < 4.78 is 11.6. The topological polar surface area (TPSA) is 106 Å². The third-order valence-corrected chi connectivity index (χ3v) is 5.55. The van der Waals surface area contributed by atoms with E-state index in [-0.39, 0.29) is 12.2 Å². The molecule has 0 spiro atoms. The molecule has 0 bridgehead atoms. The van der Waals surface area contributed by atoms with Crippen LogP contribution in [0.5, 0.6) is 11.5 Å². The number of aromatic nitrogens is 1. The molecule has 7 nitrogen and oxygen atoms in total. The van der Waals surface area contributed by atoms with E-state index in [9.17, 15) is 9.59 Å². The van der Waals surface area contributed by atoms with E-state index in [1.54, 1.807) is 24.3 Å². The second-order valence-corrected chi connectivity index (χ2v) is 8.51. The van der Waals surface area contributed by atoms with E-state index < -0.39 is 11.9 Å². The minimum absolute atomic E-state index is 0.107. The Morgan fingerprint density at radius 3 is 2.23 bits per heavy atom. The van der Waals surface area contributed by atoms with Gasteiger partial charge in [-0.2, -0.15) is 0 Å². The van der Waals surface area contributed by atoms with Crippen LogP contribution in [0.1, 0.15) is 92.9 Å². The van der Waals surface area contributed by atoms with Gasteiger partial charge in [0.05, 0.1) is 17.9 Å². The molecule has 2 aromatic rings. The Balaban J connectivity index is 1.83. The summed E-state index contributed by atoms with van der Waals surface area (Å²) in [6, 6.07) is 9.73. The van der Waals surface area contributed by atoms with Gasteiger partial charge in [0.2, 0.25) is 0 Å². The molecule has 7 heteroatoms. The van der Waals surface area contributed by atoms with Crippen molar-refractivity contribution in [2.45, 2.75) is 77.7 Å². The average Bonchev–Trinajstić information content (AvgIpc) is 2.85. The van der Waals surface area contributed by atoms with Gasteiger partial charge in [-0.1, -0.05) is 70.8 Å². The van der Waals surface area contributed by atoms with E-state index in [1.807, 2.05) is 0 Å². The van der Waals surface area contributed by atoms with E-state index in [4.69, 9.17) is 19.7 Å². The molecule has 0 aliphatic heterocycles. The van der Waals surface area contributed by atoms with Gasteiger partial charge >= 0.3 is 11.9 Å². The van der Waals surface area contributed by atoms with Gasteiger partial charge in [-0.15, -0.1) is 0 Å². The molecule has 35 heavy (non-hydrogen) atoms. The van der Waals surface area contributed by atoms with Gasteiger partial charge in [-0.05, 0) is 42.8 Å². The summed E-state index contributed by atoms with van der Waals surface area (Å²) >= 11 is 0. The molecule has 0 fully saturated rings. The lowest BCUT2D eigenvalue weighted by atomic mass is 10.1. The van der Waals surface area contributed by atoms with Crippen LogP contribution in [0.4, 0.5) is 0 Å². The number of nitrogens with zero attached hydrogens (tertiary/aromatic N) is 1. The molecule has 0 aliphatic carbocycles. The second-order valence-electron chi connectivity index (χ2n) is 8.51. The number of aromatic carboxylic acids is 1. The van der Waals surface area contributed by atoms with Crippen LogP contribution in [0.25, 0.3) is 6.08 Å². The van der Waals surface area contributed by atoms with Crippen molar-refractivity contribution in [2.75, 3.05) is 6.61 Å². The molecule has 0 radical (unpaired) electrons. The largest absolute Gasteiger partial charge is 0.491 e. The molecule has 1 aromatic heterocycles. The first kappa shape index (κ1) is 27.9. The average molecular weight is 484 g/mol. The number of carboxylic acid groups (broad SMARTS) is 2. The molecule has 0 atom stereocenters. The van der Waals surface area contributed by atoms with Crippen LogP contribution in [-0.4, -0.2) is 33.7 Å². The summed E-state index contributed by atoms with van der Waals surface area (Å²) in [7, 11) is 0. The third kappa shape index (κ3) is 11.6. The predicted octanol–water partition coefficient (Wildman–Crippen LogP) is 6.76. The van der Waals surface area contributed by atoms with E-state index in [0.717, 1.165) is 18.9 Å². The lowest BCUT2D eigenvalue weighted by Gasteiger charge is -2.11. The van der Waals surface area contributed by atoms with Crippen LogP contribution >= 0.6 is 0 Å². The molecule has 0 saturated heterocycles. The van der Waals surface area contributed by atoms with Gasteiger partial charge in [0.1, 0.15) is 23.8 Å². The Morgan fingerprint density at radius 2 is 1.57 bits per heavy atom. The maximum Gasteiger partial charge on any atom is 0.335 e. The number of ether oxygens (including phenoxy) is 2. The first-order valence-corrected chi connectivity index (χ1v) is 12.5. The zero-order valence-electron chi connectivity index (χ0n) is 20.6. The van der Waals surface area contributed by atoms with Crippen molar-refractivity contribution in [3.8, 4) is 11.5 Å².